The smallest absolute Gasteiger partial charge is 0.135 e. The molecule has 0 saturated carbocycles. The van der Waals surface area contributed by atoms with E-state index in [0.29, 0.717) is 23.7 Å². The molecule has 0 bridgehead atoms. The monoisotopic (exact) mass is 289 g/mol. The lowest BCUT2D eigenvalue weighted by molar-refractivity contribution is 0.317. The van der Waals surface area contributed by atoms with Crippen molar-refractivity contribution < 1.29 is 13.9 Å². The molecule has 1 atom stereocenters. The molecule has 21 heavy (non-hydrogen) atoms. The number of nitrogens with two attached hydrogens (primary N) is 1. The summed E-state index contributed by atoms with van der Waals surface area (Å²) in [7, 11) is 0. The average molecular weight is 289 g/mol. The van der Waals surface area contributed by atoms with Gasteiger partial charge in [-0.1, -0.05) is 13.0 Å². The van der Waals surface area contributed by atoms with Gasteiger partial charge in [0, 0.05) is 11.6 Å². The van der Waals surface area contributed by atoms with Crippen molar-refractivity contribution >= 4 is 0 Å². The molecule has 112 valence electrons. The molecule has 4 heteroatoms. The molecule has 2 aromatic rings. The molecule has 0 heterocycles. The van der Waals surface area contributed by atoms with Crippen molar-refractivity contribution in [2.45, 2.75) is 26.3 Å². The van der Waals surface area contributed by atoms with Gasteiger partial charge in [-0.05, 0) is 49.7 Å². The van der Waals surface area contributed by atoms with Crippen LogP contribution in [0.2, 0.25) is 0 Å². The van der Waals surface area contributed by atoms with E-state index >= 15 is 0 Å². The van der Waals surface area contributed by atoms with Gasteiger partial charge in [-0.3, -0.25) is 0 Å². The molecule has 0 aromatic heterocycles. The third-order valence-corrected chi connectivity index (χ3v) is 2.99. The van der Waals surface area contributed by atoms with Crippen molar-refractivity contribution in [1.82, 2.24) is 0 Å². The number of rotatable bonds is 6. The van der Waals surface area contributed by atoms with E-state index in [1.165, 1.54) is 6.07 Å². The van der Waals surface area contributed by atoms with Crippen molar-refractivity contribution in [1.29, 1.82) is 0 Å². The van der Waals surface area contributed by atoms with Gasteiger partial charge in [0.25, 0.3) is 0 Å². The zero-order chi connectivity index (χ0) is 15.2. The minimum Gasteiger partial charge on any atom is -0.494 e. The summed E-state index contributed by atoms with van der Waals surface area (Å²) in [5, 5.41) is 0. The topological polar surface area (TPSA) is 44.5 Å². The summed E-state index contributed by atoms with van der Waals surface area (Å²) in [5.41, 5.74) is 6.19. The molecule has 0 saturated heterocycles. The van der Waals surface area contributed by atoms with Gasteiger partial charge in [0.1, 0.15) is 23.1 Å². The molecule has 2 rings (SSSR count). The van der Waals surface area contributed by atoms with E-state index in [4.69, 9.17) is 15.2 Å². The van der Waals surface area contributed by atoms with Crippen LogP contribution in [-0.2, 0) is 0 Å². The van der Waals surface area contributed by atoms with Crippen LogP contribution in [-0.4, -0.2) is 6.61 Å². The fourth-order valence-corrected chi connectivity index (χ4v) is 2.00. The SMILES string of the molecule is CCCOc1ccc(Oc2cccc(F)c2[C@@H](C)N)cc1. The normalized spacial score (nSPS) is 12.0. The molecule has 0 fully saturated rings. The van der Waals surface area contributed by atoms with Gasteiger partial charge in [0.05, 0.1) is 6.61 Å². The highest BCUT2D eigenvalue weighted by Crippen LogP contribution is 2.31. The summed E-state index contributed by atoms with van der Waals surface area (Å²) in [4.78, 5) is 0. The number of hydrogen-bond acceptors (Lipinski definition) is 3. The Morgan fingerprint density at radius 2 is 1.76 bits per heavy atom. The lowest BCUT2D eigenvalue weighted by Gasteiger charge is -2.14. The van der Waals surface area contributed by atoms with E-state index in [9.17, 15) is 4.39 Å². The van der Waals surface area contributed by atoms with Gasteiger partial charge in [-0.2, -0.15) is 0 Å². The van der Waals surface area contributed by atoms with Gasteiger partial charge < -0.3 is 15.2 Å². The lowest BCUT2D eigenvalue weighted by Crippen LogP contribution is -2.09. The summed E-state index contributed by atoms with van der Waals surface area (Å²) in [6.45, 7) is 4.46. The predicted molar refractivity (Wildman–Crippen MR) is 81.3 cm³/mol. The molecule has 0 radical (unpaired) electrons. The molecular formula is C17H20FNO2. The molecule has 3 nitrogen and oxygen atoms in total. The molecule has 2 aromatic carbocycles. The Bertz CT molecular complexity index is 582. The largest absolute Gasteiger partial charge is 0.494 e. The second kappa shape index (κ2) is 7.09. The summed E-state index contributed by atoms with van der Waals surface area (Å²) >= 11 is 0. The maximum Gasteiger partial charge on any atom is 0.135 e. The Morgan fingerprint density at radius 3 is 2.38 bits per heavy atom. The molecule has 0 unspecified atom stereocenters. The Labute approximate surface area is 124 Å². The fourth-order valence-electron chi connectivity index (χ4n) is 2.00. The minimum absolute atomic E-state index is 0.356. The molecule has 0 spiro atoms. The van der Waals surface area contributed by atoms with Gasteiger partial charge in [-0.25, -0.2) is 4.39 Å². The average Bonchev–Trinajstić information content (AvgIpc) is 2.46. The van der Waals surface area contributed by atoms with Crippen molar-refractivity contribution in [3.05, 3.63) is 53.8 Å². The summed E-state index contributed by atoms with van der Waals surface area (Å²) in [5.74, 6) is 1.49. The molecular weight excluding hydrogens is 269 g/mol. The summed E-state index contributed by atoms with van der Waals surface area (Å²) in [6.07, 6.45) is 0.958. The van der Waals surface area contributed by atoms with Crippen LogP contribution >= 0.6 is 0 Å². The zero-order valence-electron chi connectivity index (χ0n) is 12.3. The van der Waals surface area contributed by atoms with Crippen LogP contribution in [0, 0.1) is 5.82 Å². The highest BCUT2D eigenvalue weighted by atomic mass is 19.1. The molecule has 0 amide bonds. The van der Waals surface area contributed by atoms with Crippen LogP contribution < -0.4 is 15.2 Å². The molecule has 2 N–H and O–H groups in total. The number of ether oxygens (including phenoxy) is 2. The van der Waals surface area contributed by atoms with Gasteiger partial charge in [-0.15, -0.1) is 0 Å². The molecule has 0 aliphatic heterocycles. The predicted octanol–water partition coefficient (Wildman–Crippen LogP) is 4.43. The van der Waals surface area contributed by atoms with Crippen LogP contribution in [0.15, 0.2) is 42.5 Å². The van der Waals surface area contributed by atoms with Crippen LogP contribution in [0.1, 0.15) is 31.9 Å². The quantitative estimate of drug-likeness (QED) is 0.855. The Morgan fingerprint density at radius 1 is 1.10 bits per heavy atom. The third kappa shape index (κ3) is 3.95. The maximum atomic E-state index is 13.8. The van der Waals surface area contributed by atoms with E-state index in [-0.39, 0.29) is 5.82 Å². The number of benzene rings is 2. The second-order valence-corrected chi connectivity index (χ2v) is 4.86. The molecule has 0 aliphatic rings. The van der Waals surface area contributed by atoms with Gasteiger partial charge in [0.15, 0.2) is 0 Å². The van der Waals surface area contributed by atoms with Crippen LogP contribution in [0.3, 0.4) is 0 Å². The first-order valence-corrected chi connectivity index (χ1v) is 7.06. The van der Waals surface area contributed by atoms with Gasteiger partial charge >= 0.3 is 0 Å². The summed E-state index contributed by atoms with van der Waals surface area (Å²) in [6, 6.07) is 11.5. The van der Waals surface area contributed by atoms with E-state index in [1.54, 1.807) is 31.2 Å². The number of hydrogen-bond donors (Lipinski definition) is 1. The van der Waals surface area contributed by atoms with E-state index in [1.807, 2.05) is 12.1 Å². The van der Waals surface area contributed by atoms with Crippen LogP contribution in [0.25, 0.3) is 0 Å². The molecule has 0 aliphatic carbocycles. The van der Waals surface area contributed by atoms with Crippen molar-refractivity contribution in [3.63, 3.8) is 0 Å². The first-order chi connectivity index (χ1) is 10.1. The Balaban J connectivity index is 2.17. The third-order valence-electron chi connectivity index (χ3n) is 2.99. The number of halogens is 1. The van der Waals surface area contributed by atoms with Crippen molar-refractivity contribution in [2.75, 3.05) is 6.61 Å². The first-order valence-electron chi connectivity index (χ1n) is 7.06. The van der Waals surface area contributed by atoms with Gasteiger partial charge in [0.2, 0.25) is 0 Å². The van der Waals surface area contributed by atoms with Crippen LogP contribution in [0.4, 0.5) is 4.39 Å². The second-order valence-electron chi connectivity index (χ2n) is 4.86. The summed E-state index contributed by atoms with van der Waals surface area (Å²) < 4.78 is 25.1. The van der Waals surface area contributed by atoms with E-state index < -0.39 is 6.04 Å². The highest BCUT2D eigenvalue weighted by Gasteiger charge is 2.14. The Hall–Kier alpha value is -2.07. The minimum atomic E-state index is -0.437. The fraction of sp³-hybridized carbons (Fsp3) is 0.294. The van der Waals surface area contributed by atoms with Crippen LogP contribution in [0.5, 0.6) is 17.2 Å². The maximum absolute atomic E-state index is 13.8. The van der Waals surface area contributed by atoms with Crippen molar-refractivity contribution in [3.8, 4) is 17.2 Å². The highest BCUT2D eigenvalue weighted by molar-refractivity contribution is 5.41. The standard InChI is InChI=1S/C17H20FNO2/c1-3-11-20-13-7-9-14(10-8-13)21-16-6-4-5-15(18)17(16)12(2)19/h4-10,12H,3,11,19H2,1-2H3/t12-/m1/s1. The lowest BCUT2D eigenvalue weighted by atomic mass is 10.1. The van der Waals surface area contributed by atoms with Crippen molar-refractivity contribution in [2.24, 2.45) is 5.73 Å². The zero-order valence-corrected chi connectivity index (χ0v) is 12.3. The van der Waals surface area contributed by atoms with E-state index in [0.717, 1.165) is 12.2 Å². The first kappa shape index (κ1) is 15.3. The Kier molecular flexibility index (Phi) is 5.17. The van der Waals surface area contributed by atoms with E-state index in [2.05, 4.69) is 6.92 Å².